The summed E-state index contributed by atoms with van der Waals surface area (Å²) in [6.07, 6.45) is 0.422. The minimum atomic E-state index is -0.204. The molecule has 0 saturated heterocycles. The van der Waals surface area contributed by atoms with E-state index in [9.17, 15) is 9.59 Å². The average molecular weight is 434 g/mol. The second-order valence-corrected chi connectivity index (χ2v) is 6.89. The summed E-state index contributed by atoms with van der Waals surface area (Å²) in [5, 5.41) is 8.71. The molecule has 0 aliphatic heterocycles. The first-order chi connectivity index (χ1) is 15.6. The molecular formula is C25H27N3O4. The number of amides is 2. The van der Waals surface area contributed by atoms with Gasteiger partial charge >= 0.3 is 0 Å². The van der Waals surface area contributed by atoms with Crippen LogP contribution in [0, 0.1) is 0 Å². The Morgan fingerprint density at radius 1 is 0.719 bits per heavy atom. The van der Waals surface area contributed by atoms with Crippen LogP contribution in [0.15, 0.2) is 78.9 Å². The Morgan fingerprint density at radius 2 is 1.38 bits per heavy atom. The van der Waals surface area contributed by atoms with E-state index >= 15 is 0 Å². The fourth-order valence-electron chi connectivity index (χ4n) is 2.82. The van der Waals surface area contributed by atoms with Gasteiger partial charge in [0.25, 0.3) is 0 Å². The van der Waals surface area contributed by atoms with Crippen molar-refractivity contribution in [3.05, 3.63) is 78.9 Å². The molecule has 3 rings (SSSR count). The first-order valence-corrected chi connectivity index (χ1v) is 10.5. The molecule has 7 nitrogen and oxygen atoms in total. The standard InChI is InChI=1S/C25H27N3O4/c1-2-24(29)27-20-14-12-19(13-15-20)26-18-25(30)28-22-10-6-7-11-23(22)32-17-16-31-21-8-4-3-5-9-21/h3-15,26H,2,16-18H2,1H3,(H,27,29)(H,28,30). The van der Waals surface area contributed by atoms with Crippen molar-refractivity contribution >= 4 is 28.9 Å². The highest BCUT2D eigenvalue weighted by Crippen LogP contribution is 2.23. The topological polar surface area (TPSA) is 88.7 Å². The predicted octanol–water partition coefficient (Wildman–Crippen LogP) is 4.54. The second-order valence-electron chi connectivity index (χ2n) is 6.89. The van der Waals surface area contributed by atoms with Crippen molar-refractivity contribution in [2.45, 2.75) is 13.3 Å². The second kappa shape index (κ2) is 12.0. The maximum absolute atomic E-state index is 12.4. The van der Waals surface area contributed by atoms with E-state index in [-0.39, 0.29) is 18.4 Å². The van der Waals surface area contributed by atoms with Crippen LogP contribution in [0.3, 0.4) is 0 Å². The molecule has 0 atom stereocenters. The van der Waals surface area contributed by atoms with E-state index in [2.05, 4.69) is 16.0 Å². The Bertz CT molecular complexity index is 1010. The normalized spacial score (nSPS) is 10.2. The number of hydrogen-bond acceptors (Lipinski definition) is 5. The maximum atomic E-state index is 12.4. The lowest BCUT2D eigenvalue weighted by Gasteiger charge is -2.13. The molecule has 0 spiro atoms. The van der Waals surface area contributed by atoms with Crippen LogP contribution in [-0.4, -0.2) is 31.6 Å². The van der Waals surface area contributed by atoms with E-state index in [1.54, 1.807) is 31.2 Å². The molecule has 2 amide bonds. The fraction of sp³-hybridized carbons (Fsp3) is 0.200. The zero-order chi connectivity index (χ0) is 22.6. The van der Waals surface area contributed by atoms with Crippen molar-refractivity contribution < 1.29 is 19.1 Å². The Kier molecular flexibility index (Phi) is 8.50. The van der Waals surface area contributed by atoms with Gasteiger partial charge in [0.2, 0.25) is 11.8 Å². The van der Waals surface area contributed by atoms with E-state index in [0.717, 1.165) is 11.4 Å². The number of hydrogen-bond donors (Lipinski definition) is 3. The van der Waals surface area contributed by atoms with Gasteiger partial charge in [0.1, 0.15) is 24.7 Å². The third-order valence-electron chi connectivity index (χ3n) is 4.46. The van der Waals surface area contributed by atoms with Gasteiger partial charge in [-0.15, -0.1) is 0 Å². The van der Waals surface area contributed by atoms with Gasteiger partial charge in [-0.05, 0) is 48.5 Å². The lowest BCUT2D eigenvalue weighted by atomic mass is 10.2. The van der Waals surface area contributed by atoms with E-state index < -0.39 is 0 Å². The Balaban J connectivity index is 1.45. The summed E-state index contributed by atoms with van der Waals surface area (Å²) in [7, 11) is 0. The number of para-hydroxylation sites is 3. The number of nitrogens with one attached hydrogen (secondary N) is 3. The smallest absolute Gasteiger partial charge is 0.243 e. The van der Waals surface area contributed by atoms with Crippen molar-refractivity contribution in [3.8, 4) is 11.5 Å². The summed E-state index contributed by atoms with van der Waals surface area (Å²) in [6.45, 7) is 2.63. The number of anilines is 3. The summed E-state index contributed by atoms with van der Waals surface area (Å²) in [4.78, 5) is 23.8. The van der Waals surface area contributed by atoms with E-state index in [1.165, 1.54) is 0 Å². The molecule has 166 valence electrons. The van der Waals surface area contributed by atoms with Crippen LogP contribution in [-0.2, 0) is 9.59 Å². The Morgan fingerprint density at radius 3 is 2.12 bits per heavy atom. The lowest BCUT2D eigenvalue weighted by molar-refractivity contribution is -0.116. The van der Waals surface area contributed by atoms with Crippen molar-refractivity contribution in [1.29, 1.82) is 0 Å². The van der Waals surface area contributed by atoms with Crippen molar-refractivity contribution in [3.63, 3.8) is 0 Å². The van der Waals surface area contributed by atoms with Crippen LogP contribution in [0.4, 0.5) is 17.1 Å². The molecule has 0 aliphatic carbocycles. The molecule has 32 heavy (non-hydrogen) atoms. The summed E-state index contributed by atoms with van der Waals surface area (Å²) in [5.41, 5.74) is 2.09. The first kappa shape index (κ1) is 22.7. The van der Waals surface area contributed by atoms with Gasteiger partial charge in [0, 0.05) is 17.8 Å². The molecule has 0 saturated carbocycles. The Hall–Kier alpha value is -4.00. The third kappa shape index (κ3) is 7.36. The molecule has 7 heteroatoms. The van der Waals surface area contributed by atoms with Crippen LogP contribution in [0.5, 0.6) is 11.5 Å². The van der Waals surface area contributed by atoms with E-state index in [0.29, 0.717) is 36.8 Å². The van der Waals surface area contributed by atoms with Gasteiger partial charge in [0.05, 0.1) is 12.2 Å². The minimum absolute atomic E-state index is 0.0439. The molecule has 0 aliphatic rings. The molecule has 0 radical (unpaired) electrons. The van der Waals surface area contributed by atoms with Crippen molar-refractivity contribution in [2.24, 2.45) is 0 Å². The minimum Gasteiger partial charge on any atom is -0.490 e. The molecule has 0 heterocycles. The first-order valence-electron chi connectivity index (χ1n) is 10.5. The van der Waals surface area contributed by atoms with Crippen LogP contribution in [0.25, 0.3) is 0 Å². The number of rotatable bonds is 11. The summed E-state index contributed by atoms with van der Waals surface area (Å²) >= 11 is 0. The van der Waals surface area contributed by atoms with Crippen LogP contribution < -0.4 is 25.4 Å². The molecule has 0 bridgehead atoms. The summed E-state index contributed by atoms with van der Waals surface area (Å²) in [6, 6.07) is 24.0. The molecule has 3 N–H and O–H groups in total. The maximum Gasteiger partial charge on any atom is 0.243 e. The molecular weight excluding hydrogens is 406 g/mol. The highest BCUT2D eigenvalue weighted by atomic mass is 16.5. The van der Waals surface area contributed by atoms with Gasteiger partial charge < -0.3 is 25.4 Å². The monoisotopic (exact) mass is 433 g/mol. The molecule has 0 fully saturated rings. The quantitative estimate of drug-likeness (QED) is 0.386. The van der Waals surface area contributed by atoms with Crippen molar-refractivity contribution in [1.82, 2.24) is 0 Å². The molecule has 0 aromatic heterocycles. The largest absolute Gasteiger partial charge is 0.490 e. The average Bonchev–Trinajstić information content (AvgIpc) is 2.83. The number of carbonyl (C=O) groups excluding carboxylic acids is 2. The highest BCUT2D eigenvalue weighted by Gasteiger charge is 2.08. The zero-order valence-electron chi connectivity index (χ0n) is 18.0. The van der Waals surface area contributed by atoms with Gasteiger partial charge in [-0.3, -0.25) is 9.59 Å². The van der Waals surface area contributed by atoms with Gasteiger partial charge in [-0.25, -0.2) is 0 Å². The summed E-state index contributed by atoms with van der Waals surface area (Å²) in [5.74, 6) is 1.11. The molecule has 3 aromatic rings. The number of benzene rings is 3. The van der Waals surface area contributed by atoms with Crippen LogP contribution in [0.2, 0.25) is 0 Å². The highest BCUT2D eigenvalue weighted by molar-refractivity contribution is 5.95. The molecule has 3 aromatic carbocycles. The summed E-state index contributed by atoms with van der Waals surface area (Å²) < 4.78 is 11.4. The third-order valence-corrected chi connectivity index (χ3v) is 4.46. The number of carbonyl (C=O) groups is 2. The van der Waals surface area contributed by atoms with E-state index in [4.69, 9.17) is 9.47 Å². The molecule has 0 unspecified atom stereocenters. The van der Waals surface area contributed by atoms with Gasteiger partial charge in [-0.1, -0.05) is 37.3 Å². The van der Waals surface area contributed by atoms with Gasteiger partial charge in [-0.2, -0.15) is 0 Å². The van der Waals surface area contributed by atoms with Gasteiger partial charge in [0.15, 0.2) is 0 Å². The van der Waals surface area contributed by atoms with Crippen LogP contribution >= 0.6 is 0 Å². The predicted molar refractivity (Wildman–Crippen MR) is 126 cm³/mol. The Labute approximate surface area is 187 Å². The zero-order valence-corrected chi connectivity index (χ0v) is 18.0. The SMILES string of the molecule is CCC(=O)Nc1ccc(NCC(=O)Nc2ccccc2OCCOc2ccccc2)cc1. The lowest BCUT2D eigenvalue weighted by Crippen LogP contribution is -2.22. The van der Waals surface area contributed by atoms with E-state index in [1.807, 2.05) is 54.6 Å². The number of ether oxygens (including phenoxy) is 2. The fourth-order valence-corrected chi connectivity index (χ4v) is 2.82. The van der Waals surface area contributed by atoms with Crippen LogP contribution in [0.1, 0.15) is 13.3 Å². The van der Waals surface area contributed by atoms with Crippen molar-refractivity contribution in [2.75, 3.05) is 35.7 Å².